The average molecular weight is 251 g/mol. The molecule has 0 aliphatic carbocycles. The van der Waals surface area contributed by atoms with E-state index in [0.717, 1.165) is 18.5 Å². The summed E-state index contributed by atoms with van der Waals surface area (Å²) in [5.41, 5.74) is 2.33. The molecule has 0 aliphatic heterocycles. The van der Waals surface area contributed by atoms with Crippen LogP contribution in [0.25, 0.3) is 0 Å². The lowest BCUT2D eigenvalue weighted by Crippen LogP contribution is -2.31. The van der Waals surface area contributed by atoms with E-state index >= 15 is 0 Å². The van der Waals surface area contributed by atoms with Crippen LogP contribution in [0.1, 0.15) is 38.8 Å². The van der Waals surface area contributed by atoms with Crippen molar-refractivity contribution < 1.29 is 4.39 Å². The lowest BCUT2D eigenvalue weighted by Gasteiger charge is -2.22. The molecule has 0 saturated carbocycles. The fourth-order valence-electron chi connectivity index (χ4n) is 2.06. The van der Waals surface area contributed by atoms with Gasteiger partial charge < -0.3 is 5.32 Å². The van der Waals surface area contributed by atoms with Crippen LogP contribution in [0.5, 0.6) is 0 Å². The molecule has 1 aromatic carbocycles. The van der Waals surface area contributed by atoms with Gasteiger partial charge in [0.15, 0.2) is 0 Å². The number of hydrogen-bond donors (Lipinski definition) is 1. The normalized spacial score (nSPS) is 14.8. The lowest BCUT2D eigenvalue weighted by molar-refractivity contribution is 0.353. The molecule has 0 saturated heterocycles. The minimum absolute atomic E-state index is 0.140. The molecule has 1 nitrogen and oxygen atoms in total. The summed E-state index contributed by atoms with van der Waals surface area (Å²) in [6, 6.07) is 5.64. The van der Waals surface area contributed by atoms with Gasteiger partial charge in [-0.1, -0.05) is 33.8 Å². The Morgan fingerprint density at radius 1 is 1.11 bits per heavy atom. The highest BCUT2D eigenvalue weighted by molar-refractivity contribution is 5.26. The first kappa shape index (κ1) is 15.2. The Bertz CT molecular complexity index is 373. The fraction of sp³-hybridized carbons (Fsp3) is 0.625. The molecule has 0 amide bonds. The van der Waals surface area contributed by atoms with E-state index in [1.807, 2.05) is 13.0 Å². The summed E-state index contributed by atoms with van der Waals surface area (Å²) in [6.07, 6.45) is 1.02. The quantitative estimate of drug-likeness (QED) is 0.807. The Hall–Kier alpha value is -0.890. The highest BCUT2D eigenvalue weighted by Crippen LogP contribution is 2.20. The van der Waals surface area contributed by atoms with E-state index in [1.54, 1.807) is 12.1 Å². The molecule has 18 heavy (non-hydrogen) atoms. The van der Waals surface area contributed by atoms with E-state index in [9.17, 15) is 4.39 Å². The standard InChI is InChI=1S/C16H26FN/c1-11(2)18-10-14(5)12(3)8-15-6-7-16(17)9-13(15)4/h6-7,9,11-12,14,18H,8,10H2,1-5H3. The summed E-state index contributed by atoms with van der Waals surface area (Å²) in [5, 5.41) is 3.48. The molecule has 1 aromatic rings. The molecule has 0 spiro atoms. The van der Waals surface area contributed by atoms with Gasteiger partial charge in [-0.15, -0.1) is 0 Å². The van der Waals surface area contributed by atoms with Crippen molar-refractivity contribution in [2.24, 2.45) is 11.8 Å². The van der Waals surface area contributed by atoms with Gasteiger partial charge in [0.25, 0.3) is 0 Å². The minimum atomic E-state index is -0.140. The van der Waals surface area contributed by atoms with Crippen LogP contribution in [0.2, 0.25) is 0 Å². The molecule has 0 bridgehead atoms. The maximum atomic E-state index is 13.0. The Kier molecular flexibility index (Phi) is 5.80. The monoisotopic (exact) mass is 251 g/mol. The molecule has 102 valence electrons. The maximum absolute atomic E-state index is 13.0. The van der Waals surface area contributed by atoms with Crippen LogP contribution in [-0.2, 0) is 6.42 Å². The zero-order valence-corrected chi connectivity index (χ0v) is 12.3. The third-order valence-electron chi connectivity index (χ3n) is 3.67. The van der Waals surface area contributed by atoms with Gasteiger partial charge in [-0.25, -0.2) is 4.39 Å². The largest absolute Gasteiger partial charge is 0.314 e. The van der Waals surface area contributed by atoms with Crippen LogP contribution in [-0.4, -0.2) is 12.6 Å². The number of aryl methyl sites for hydroxylation is 1. The van der Waals surface area contributed by atoms with Crippen molar-refractivity contribution in [3.63, 3.8) is 0 Å². The maximum Gasteiger partial charge on any atom is 0.123 e. The van der Waals surface area contributed by atoms with E-state index in [1.165, 1.54) is 5.56 Å². The van der Waals surface area contributed by atoms with Crippen LogP contribution in [0.15, 0.2) is 18.2 Å². The van der Waals surface area contributed by atoms with E-state index in [-0.39, 0.29) is 5.82 Å². The van der Waals surface area contributed by atoms with Gasteiger partial charge in [0.05, 0.1) is 0 Å². The molecule has 0 heterocycles. The average Bonchev–Trinajstić information content (AvgIpc) is 2.29. The van der Waals surface area contributed by atoms with Crippen molar-refractivity contribution in [2.45, 2.75) is 47.1 Å². The predicted molar refractivity (Wildman–Crippen MR) is 76.3 cm³/mol. The van der Waals surface area contributed by atoms with Gasteiger partial charge >= 0.3 is 0 Å². The van der Waals surface area contributed by atoms with Crippen LogP contribution in [0, 0.1) is 24.6 Å². The molecule has 0 fully saturated rings. The zero-order chi connectivity index (χ0) is 13.7. The Morgan fingerprint density at radius 3 is 2.33 bits per heavy atom. The van der Waals surface area contributed by atoms with Crippen molar-refractivity contribution >= 4 is 0 Å². The van der Waals surface area contributed by atoms with Gasteiger partial charge in [0, 0.05) is 6.04 Å². The highest BCUT2D eigenvalue weighted by atomic mass is 19.1. The second kappa shape index (κ2) is 6.89. The van der Waals surface area contributed by atoms with Crippen molar-refractivity contribution in [1.82, 2.24) is 5.32 Å². The number of rotatable bonds is 6. The number of nitrogens with one attached hydrogen (secondary N) is 1. The first-order valence-corrected chi connectivity index (χ1v) is 6.88. The Labute approximate surface area is 111 Å². The first-order valence-electron chi connectivity index (χ1n) is 6.88. The van der Waals surface area contributed by atoms with Gasteiger partial charge in [-0.2, -0.15) is 0 Å². The summed E-state index contributed by atoms with van der Waals surface area (Å²) in [5.74, 6) is 1.08. The molecular weight excluding hydrogens is 225 g/mol. The summed E-state index contributed by atoms with van der Waals surface area (Å²) in [4.78, 5) is 0. The summed E-state index contributed by atoms with van der Waals surface area (Å²) < 4.78 is 13.0. The SMILES string of the molecule is Cc1cc(F)ccc1CC(C)C(C)CNC(C)C. The lowest BCUT2D eigenvalue weighted by atomic mass is 9.88. The third-order valence-corrected chi connectivity index (χ3v) is 3.67. The van der Waals surface area contributed by atoms with Crippen molar-refractivity contribution in [1.29, 1.82) is 0 Å². The van der Waals surface area contributed by atoms with Gasteiger partial charge in [-0.05, 0) is 55.0 Å². The molecule has 2 atom stereocenters. The molecule has 2 heteroatoms. The van der Waals surface area contributed by atoms with Crippen LogP contribution < -0.4 is 5.32 Å². The molecular formula is C16H26FN. The van der Waals surface area contributed by atoms with Crippen LogP contribution in [0.3, 0.4) is 0 Å². The topological polar surface area (TPSA) is 12.0 Å². The third kappa shape index (κ3) is 4.77. The minimum Gasteiger partial charge on any atom is -0.314 e. The van der Waals surface area contributed by atoms with E-state index < -0.39 is 0 Å². The van der Waals surface area contributed by atoms with Crippen LogP contribution >= 0.6 is 0 Å². The second-order valence-corrected chi connectivity index (χ2v) is 5.79. The molecule has 0 aromatic heterocycles. The predicted octanol–water partition coefficient (Wildman–Crippen LogP) is 3.95. The summed E-state index contributed by atoms with van der Waals surface area (Å²) in [6.45, 7) is 11.9. The van der Waals surface area contributed by atoms with Gasteiger partial charge in [0.2, 0.25) is 0 Å². The molecule has 0 radical (unpaired) electrons. The van der Waals surface area contributed by atoms with Crippen LogP contribution in [0.4, 0.5) is 4.39 Å². The first-order chi connectivity index (χ1) is 8.40. The zero-order valence-electron chi connectivity index (χ0n) is 12.3. The second-order valence-electron chi connectivity index (χ2n) is 5.79. The fourth-order valence-corrected chi connectivity index (χ4v) is 2.06. The van der Waals surface area contributed by atoms with Crippen molar-refractivity contribution in [2.75, 3.05) is 6.54 Å². The van der Waals surface area contributed by atoms with E-state index in [0.29, 0.717) is 17.9 Å². The number of halogens is 1. The smallest absolute Gasteiger partial charge is 0.123 e. The number of hydrogen-bond acceptors (Lipinski definition) is 1. The summed E-state index contributed by atoms with van der Waals surface area (Å²) in [7, 11) is 0. The van der Waals surface area contributed by atoms with Crippen molar-refractivity contribution in [3.8, 4) is 0 Å². The molecule has 1 rings (SSSR count). The Morgan fingerprint density at radius 2 is 1.78 bits per heavy atom. The van der Waals surface area contributed by atoms with Crippen molar-refractivity contribution in [3.05, 3.63) is 35.1 Å². The summed E-state index contributed by atoms with van der Waals surface area (Å²) >= 11 is 0. The van der Waals surface area contributed by atoms with Gasteiger partial charge in [-0.3, -0.25) is 0 Å². The number of benzene rings is 1. The van der Waals surface area contributed by atoms with E-state index in [4.69, 9.17) is 0 Å². The van der Waals surface area contributed by atoms with Gasteiger partial charge in [0.1, 0.15) is 5.82 Å². The van der Waals surface area contributed by atoms with E-state index in [2.05, 4.69) is 33.0 Å². The molecule has 2 unspecified atom stereocenters. The molecule has 1 N–H and O–H groups in total. The highest BCUT2D eigenvalue weighted by Gasteiger charge is 2.14. The molecule has 0 aliphatic rings. The Balaban J connectivity index is 2.55.